The molecule has 6 atom stereocenters. The number of allylic oxidation sites excluding steroid dienone is 1. The van der Waals surface area contributed by atoms with E-state index in [1.165, 1.54) is 38.5 Å². The summed E-state index contributed by atoms with van der Waals surface area (Å²) < 4.78 is 0. The first-order valence-electron chi connectivity index (χ1n) is 10.4. The Bertz CT molecular complexity index is 622. The molecule has 4 aliphatic rings. The maximum Gasteiger partial charge on any atom is 0.303 e. The number of carbonyl (C=O) groups is 1. The van der Waals surface area contributed by atoms with Crippen molar-refractivity contribution in [3.63, 3.8) is 0 Å². The van der Waals surface area contributed by atoms with Crippen LogP contribution >= 0.6 is 0 Å². The van der Waals surface area contributed by atoms with Crippen LogP contribution in [0.4, 0.5) is 0 Å². The first kappa shape index (κ1) is 17.3. The van der Waals surface area contributed by atoms with Crippen LogP contribution in [0.5, 0.6) is 0 Å². The normalized spacial score (nSPS) is 45.0. The van der Waals surface area contributed by atoms with Gasteiger partial charge in [-0.25, -0.2) is 0 Å². The molecule has 1 aliphatic heterocycles. The van der Waals surface area contributed by atoms with E-state index < -0.39 is 5.97 Å². The van der Waals surface area contributed by atoms with Crippen molar-refractivity contribution in [3.8, 4) is 0 Å². The molecule has 4 rings (SSSR count). The zero-order valence-corrected chi connectivity index (χ0v) is 16.0. The Labute approximate surface area is 152 Å². The quantitative estimate of drug-likeness (QED) is 0.721. The number of nitrogens with zero attached hydrogens (tertiary/aromatic N) is 1. The standard InChI is InChI=1S/C22H33NO2/c1-14(2)17-9-11-21(3)16-8-7-15-5-4-6-18(15)22(21,12-10-19(24)25)20(17)23-13-16/h6,13-17,20H,4-5,7-12H2,1-3H3,(H,24,25)/t15-,16?,17?,20?,21?,22?/m1/s1. The number of hydrogen-bond acceptors (Lipinski definition) is 2. The van der Waals surface area contributed by atoms with Crippen LogP contribution in [-0.4, -0.2) is 23.3 Å². The lowest BCUT2D eigenvalue weighted by atomic mass is 9.43. The van der Waals surface area contributed by atoms with Gasteiger partial charge in [-0.15, -0.1) is 0 Å². The smallest absolute Gasteiger partial charge is 0.303 e. The summed E-state index contributed by atoms with van der Waals surface area (Å²) >= 11 is 0. The summed E-state index contributed by atoms with van der Waals surface area (Å²) in [6, 6.07) is 0.284. The van der Waals surface area contributed by atoms with Gasteiger partial charge in [0.05, 0.1) is 6.04 Å². The minimum Gasteiger partial charge on any atom is -0.481 e. The van der Waals surface area contributed by atoms with E-state index in [0.29, 0.717) is 23.7 Å². The van der Waals surface area contributed by atoms with Crippen LogP contribution in [0, 0.1) is 34.5 Å². The maximum atomic E-state index is 11.6. The fourth-order valence-corrected chi connectivity index (χ4v) is 7.13. The molecule has 1 N–H and O–H groups in total. The molecule has 0 aromatic rings. The molecule has 138 valence electrons. The van der Waals surface area contributed by atoms with Gasteiger partial charge in [-0.1, -0.05) is 32.4 Å². The molecule has 0 amide bonds. The van der Waals surface area contributed by atoms with Crippen molar-refractivity contribution in [3.05, 3.63) is 11.6 Å². The molecule has 2 fully saturated rings. The lowest BCUT2D eigenvalue weighted by Crippen LogP contribution is -2.61. The molecular weight excluding hydrogens is 310 g/mol. The van der Waals surface area contributed by atoms with E-state index in [0.717, 1.165) is 6.42 Å². The highest BCUT2D eigenvalue weighted by Crippen LogP contribution is 2.69. The van der Waals surface area contributed by atoms with Gasteiger partial charge < -0.3 is 5.11 Å². The molecule has 25 heavy (non-hydrogen) atoms. The number of fused-ring (bicyclic) bond motifs is 1. The minimum atomic E-state index is -0.650. The van der Waals surface area contributed by atoms with Gasteiger partial charge in [-0.05, 0) is 68.1 Å². The second-order valence-corrected chi connectivity index (χ2v) is 9.59. The monoisotopic (exact) mass is 343 g/mol. The van der Waals surface area contributed by atoms with Crippen molar-refractivity contribution < 1.29 is 9.90 Å². The Morgan fingerprint density at radius 3 is 2.84 bits per heavy atom. The molecule has 1 heterocycles. The fraction of sp³-hybridized carbons (Fsp3) is 0.818. The SMILES string of the molecule is CC(C)C1CCC2(C)C3C=NC1C2(CCC(=O)O)C1=CCC[C@@H]1CC3. The van der Waals surface area contributed by atoms with E-state index in [2.05, 4.69) is 33.1 Å². The van der Waals surface area contributed by atoms with Crippen molar-refractivity contribution >= 4 is 12.2 Å². The van der Waals surface area contributed by atoms with E-state index in [4.69, 9.17) is 4.99 Å². The van der Waals surface area contributed by atoms with Crippen LogP contribution in [-0.2, 0) is 4.79 Å². The van der Waals surface area contributed by atoms with Crippen LogP contribution in [0.3, 0.4) is 0 Å². The summed E-state index contributed by atoms with van der Waals surface area (Å²) in [6.45, 7) is 7.14. The first-order chi connectivity index (χ1) is 11.9. The highest BCUT2D eigenvalue weighted by Gasteiger charge is 2.65. The molecule has 3 heteroatoms. The van der Waals surface area contributed by atoms with Crippen LogP contribution in [0.15, 0.2) is 16.6 Å². The molecule has 0 aromatic carbocycles. The van der Waals surface area contributed by atoms with Crippen molar-refractivity contribution in [2.24, 2.45) is 39.5 Å². The van der Waals surface area contributed by atoms with Gasteiger partial charge in [0.25, 0.3) is 0 Å². The Hall–Kier alpha value is -1.12. The molecule has 0 radical (unpaired) electrons. The van der Waals surface area contributed by atoms with Gasteiger partial charge in [0.2, 0.25) is 0 Å². The molecule has 0 aromatic heterocycles. The zero-order chi connectivity index (χ0) is 17.8. The van der Waals surface area contributed by atoms with Crippen LogP contribution < -0.4 is 0 Å². The van der Waals surface area contributed by atoms with Crippen LogP contribution in [0.1, 0.15) is 72.1 Å². The third-order valence-electron chi connectivity index (χ3n) is 8.42. The molecule has 2 saturated carbocycles. The fourth-order valence-electron chi connectivity index (χ4n) is 7.13. The van der Waals surface area contributed by atoms with E-state index >= 15 is 0 Å². The van der Waals surface area contributed by atoms with E-state index in [1.54, 1.807) is 5.57 Å². The Morgan fingerprint density at radius 1 is 1.32 bits per heavy atom. The molecule has 3 nitrogen and oxygen atoms in total. The highest BCUT2D eigenvalue weighted by molar-refractivity contribution is 5.68. The summed E-state index contributed by atoms with van der Waals surface area (Å²) in [5.74, 6) is 1.74. The Kier molecular flexibility index (Phi) is 4.12. The second kappa shape index (κ2) is 5.96. The topological polar surface area (TPSA) is 49.7 Å². The largest absolute Gasteiger partial charge is 0.481 e. The molecule has 0 saturated heterocycles. The molecular formula is C22H33NO2. The number of aliphatic imine (C=N–C) groups is 1. The lowest BCUT2D eigenvalue weighted by molar-refractivity contribution is -0.139. The van der Waals surface area contributed by atoms with E-state index in [-0.39, 0.29) is 23.3 Å². The van der Waals surface area contributed by atoms with E-state index in [9.17, 15) is 9.90 Å². The van der Waals surface area contributed by atoms with Gasteiger partial charge in [0.15, 0.2) is 0 Å². The predicted octanol–water partition coefficient (Wildman–Crippen LogP) is 5.11. The van der Waals surface area contributed by atoms with Gasteiger partial charge in [-0.2, -0.15) is 0 Å². The third kappa shape index (κ3) is 2.30. The minimum absolute atomic E-state index is 0.0182. The van der Waals surface area contributed by atoms with Gasteiger partial charge in [0, 0.05) is 24.0 Å². The average molecular weight is 344 g/mol. The zero-order valence-electron chi connectivity index (χ0n) is 16.0. The summed E-state index contributed by atoms with van der Waals surface area (Å²) in [7, 11) is 0. The molecule has 0 spiro atoms. The molecule has 4 bridgehead atoms. The van der Waals surface area contributed by atoms with Gasteiger partial charge in [0.1, 0.15) is 0 Å². The first-order valence-corrected chi connectivity index (χ1v) is 10.4. The third-order valence-corrected chi connectivity index (χ3v) is 8.42. The van der Waals surface area contributed by atoms with Crippen molar-refractivity contribution in [2.45, 2.75) is 78.2 Å². The summed E-state index contributed by atoms with van der Waals surface area (Å²) in [5.41, 5.74) is 1.78. The summed E-state index contributed by atoms with van der Waals surface area (Å²) in [5, 5.41) is 9.51. The number of rotatable bonds is 4. The molecule has 3 aliphatic carbocycles. The predicted molar refractivity (Wildman–Crippen MR) is 101 cm³/mol. The lowest BCUT2D eigenvalue weighted by Gasteiger charge is -2.63. The maximum absolute atomic E-state index is 11.6. The summed E-state index contributed by atoms with van der Waals surface area (Å²) in [6.07, 6.45) is 13.3. The number of carboxylic acid groups (broad SMARTS) is 1. The van der Waals surface area contributed by atoms with Crippen molar-refractivity contribution in [1.29, 1.82) is 0 Å². The Balaban J connectivity index is 1.90. The number of carboxylic acids is 1. The van der Waals surface area contributed by atoms with Crippen LogP contribution in [0.25, 0.3) is 0 Å². The summed E-state index contributed by atoms with van der Waals surface area (Å²) in [4.78, 5) is 16.8. The second-order valence-electron chi connectivity index (χ2n) is 9.59. The number of hydrogen-bond donors (Lipinski definition) is 1. The van der Waals surface area contributed by atoms with Gasteiger partial charge >= 0.3 is 5.97 Å². The van der Waals surface area contributed by atoms with Crippen molar-refractivity contribution in [2.75, 3.05) is 0 Å². The average Bonchev–Trinajstić information content (AvgIpc) is 2.99. The number of aliphatic carboxylic acids is 1. The Morgan fingerprint density at radius 2 is 2.12 bits per heavy atom. The van der Waals surface area contributed by atoms with Gasteiger partial charge in [-0.3, -0.25) is 9.79 Å². The van der Waals surface area contributed by atoms with E-state index in [1.807, 2.05) is 0 Å². The van der Waals surface area contributed by atoms with Crippen molar-refractivity contribution in [1.82, 2.24) is 0 Å². The van der Waals surface area contributed by atoms with Crippen LogP contribution in [0.2, 0.25) is 0 Å². The molecule has 5 unspecified atom stereocenters. The highest BCUT2D eigenvalue weighted by atomic mass is 16.4.